The maximum Gasteiger partial charge on any atom is 0.253 e. The van der Waals surface area contributed by atoms with Crippen molar-refractivity contribution in [3.63, 3.8) is 0 Å². The van der Waals surface area contributed by atoms with E-state index in [2.05, 4.69) is 30.9 Å². The van der Waals surface area contributed by atoms with E-state index in [1.54, 1.807) is 11.3 Å². The van der Waals surface area contributed by atoms with Crippen LogP contribution in [0.25, 0.3) is 10.2 Å². The molecule has 0 unspecified atom stereocenters. The smallest absolute Gasteiger partial charge is 0.253 e. The highest BCUT2D eigenvalue weighted by molar-refractivity contribution is 7.22. The number of carbonyl (C=O) groups excluding carboxylic acids is 1. The number of benzene rings is 2. The van der Waals surface area contributed by atoms with Crippen LogP contribution in [-0.4, -0.2) is 42.0 Å². The predicted molar refractivity (Wildman–Crippen MR) is 104 cm³/mol. The van der Waals surface area contributed by atoms with Crippen LogP contribution in [0.4, 0.5) is 5.13 Å². The van der Waals surface area contributed by atoms with Gasteiger partial charge < -0.3 is 9.80 Å². The number of anilines is 1. The molecule has 1 fully saturated rings. The Morgan fingerprint density at radius 1 is 1.04 bits per heavy atom. The summed E-state index contributed by atoms with van der Waals surface area (Å²) in [6.45, 7) is 7.39. The molecule has 1 amide bonds. The van der Waals surface area contributed by atoms with Crippen molar-refractivity contribution in [2.75, 3.05) is 31.1 Å². The molecule has 0 N–H and O–H groups in total. The number of thiazole rings is 1. The van der Waals surface area contributed by atoms with Gasteiger partial charge in [-0.3, -0.25) is 4.79 Å². The van der Waals surface area contributed by atoms with E-state index >= 15 is 0 Å². The number of aryl methyl sites for hydroxylation is 2. The molecule has 2 heterocycles. The average molecular weight is 351 g/mol. The Bertz CT molecular complexity index is 911. The fraction of sp³-hybridized carbons (Fsp3) is 0.300. The number of fused-ring (bicyclic) bond motifs is 1. The number of hydrogen-bond acceptors (Lipinski definition) is 4. The summed E-state index contributed by atoms with van der Waals surface area (Å²) in [5.41, 5.74) is 4.39. The minimum Gasteiger partial charge on any atom is -0.345 e. The van der Waals surface area contributed by atoms with Gasteiger partial charge in [0.05, 0.1) is 10.2 Å². The second kappa shape index (κ2) is 6.48. The van der Waals surface area contributed by atoms with Crippen LogP contribution in [0.3, 0.4) is 0 Å². The molecule has 0 saturated carbocycles. The van der Waals surface area contributed by atoms with Crippen LogP contribution >= 0.6 is 11.3 Å². The molecule has 0 bridgehead atoms. The van der Waals surface area contributed by atoms with Gasteiger partial charge in [0.2, 0.25) is 0 Å². The molecule has 4 nitrogen and oxygen atoms in total. The lowest BCUT2D eigenvalue weighted by atomic mass is 10.1. The maximum absolute atomic E-state index is 12.6. The molecule has 1 aliphatic heterocycles. The Morgan fingerprint density at radius 2 is 1.76 bits per heavy atom. The van der Waals surface area contributed by atoms with Crippen LogP contribution in [-0.2, 0) is 0 Å². The van der Waals surface area contributed by atoms with E-state index in [-0.39, 0.29) is 5.91 Å². The van der Waals surface area contributed by atoms with Crippen molar-refractivity contribution in [1.29, 1.82) is 0 Å². The topological polar surface area (TPSA) is 36.4 Å². The van der Waals surface area contributed by atoms with E-state index < -0.39 is 0 Å². The van der Waals surface area contributed by atoms with Crippen molar-refractivity contribution < 1.29 is 4.79 Å². The Hall–Kier alpha value is -2.40. The molecule has 2 aromatic carbocycles. The first-order chi connectivity index (χ1) is 12.1. The minimum atomic E-state index is 0.121. The number of hydrogen-bond donors (Lipinski definition) is 0. The van der Waals surface area contributed by atoms with Gasteiger partial charge in [-0.1, -0.05) is 35.6 Å². The number of piperazine rings is 1. The van der Waals surface area contributed by atoms with Gasteiger partial charge in [-0.15, -0.1) is 0 Å². The summed E-state index contributed by atoms with van der Waals surface area (Å²) >= 11 is 1.76. The van der Waals surface area contributed by atoms with Crippen molar-refractivity contribution in [3.05, 3.63) is 59.2 Å². The van der Waals surface area contributed by atoms with Crippen molar-refractivity contribution in [2.45, 2.75) is 13.8 Å². The summed E-state index contributed by atoms with van der Waals surface area (Å²) in [5.74, 6) is 0.121. The molecular formula is C20H21N3OS. The molecule has 5 heteroatoms. The summed E-state index contributed by atoms with van der Waals surface area (Å²) in [6, 6.07) is 13.9. The first-order valence-corrected chi connectivity index (χ1v) is 9.40. The number of rotatable bonds is 2. The zero-order valence-electron chi connectivity index (χ0n) is 14.5. The van der Waals surface area contributed by atoms with E-state index in [9.17, 15) is 4.79 Å². The predicted octanol–water partition coefficient (Wildman–Crippen LogP) is 3.88. The number of carbonyl (C=O) groups is 1. The summed E-state index contributed by atoms with van der Waals surface area (Å²) in [6.07, 6.45) is 0. The van der Waals surface area contributed by atoms with E-state index in [1.165, 1.54) is 15.8 Å². The lowest BCUT2D eigenvalue weighted by Crippen LogP contribution is -2.48. The standard InChI is InChI=1S/C20H21N3OS/c1-14-12-15(2)18-17(13-14)21-20(25-18)23-10-8-22(9-11-23)19(24)16-6-4-3-5-7-16/h3-7,12-13H,8-11H2,1-2H3. The van der Waals surface area contributed by atoms with Gasteiger partial charge in [-0.05, 0) is 43.2 Å². The van der Waals surface area contributed by atoms with E-state index in [1.807, 2.05) is 35.2 Å². The summed E-state index contributed by atoms with van der Waals surface area (Å²) in [4.78, 5) is 21.6. The van der Waals surface area contributed by atoms with Gasteiger partial charge in [0.1, 0.15) is 0 Å². The normalized spacial score (nSPS) is 15.0. The Kier molecular flexibility index (Phi) is 4.17. The monoisotopic (exact) mass is 351 g/mol. The van der Waals surface area contributed by atoms with Crippen LogP contribution in [0.2, 0.25) is 0 Å². The summed E-state index contributed by atoms with van der Waals surface area (Å²) in [7, 11) is 0. The molecule has 0 atom stereocenters. The molecule has 3 aromatic rings. The molecule has 1 saturated heterocycles. The Labute approximate surface area is 151 Å². The quantitative estimate of drug-likeness (QED) is 0.703. The van der Waals surface area contributed by atoms with Gasteiger partial charge in [0.15, 0.2) is 5.13 Å². The molecule has 1 aliphatic rings. The largest absolute Gasteiger partial charge is 0.345 e. The second-order valence-electron chi connectivity index (χ2n) is 6.57. The second-order valence-corrected chi connectivity index (χ2v) is 7.55. The van der Waals surface area contributed by atoms with E-state index in [0.717, 1.165) is 42.4 Å². The fourth-order valence-electron chi connectivity index (χ4n) is 3.36. The first kappa shape index (κ1) is 16.1. The third-order valence-electron chi connectivity index (χ3n) is 4.67. The third-order valence-corrected chi connectivity index (χ3v) is 5.93. The summed E-state index contributed by atoms with van der Waals surface area (Å²) < 4.78 is 1.27. The van der Waals surface area contributed by atoms with Crippen LogP contribution in [0, 0.1) is 13.8 Å². The number of aromatic nitrogens is 1. The van der Waals surface area contributed by atoms with Gasteiger partial charge in [-0.2, -0.15) is 0 Å². The highest BCUT2D eigenvalue weighted by Gasteiger charge is 2.24. The first-order valence-electron chi connectivity index (χ1n) is 8.59. The highest BCUT2D eigenvalue weighted by atomic mass is 32.1. The number of nitrogens with zero attached hydrogens (tertiary/aromatic N) is 3. The lowest BCUT2D eigenvalue weighted by Gasteiger charge is -2.34. The molecule has 0 aliphatic carbocycles. The van der Waals surface area contributed by atoms with Crippen molar-refractivity contribution in [1.82, 2.24) is 9.88 Å². The van der Waals surface area contributed by atoms with E-state index in [4.69, 9.17) is 4.98 Å². The van der Waals surface area contributed by atoms with Gasteiger partial charge in [0.25, 0.3) is 5.91 Å². The molecule has 4 rings (SSSR count). The van der Waals surface area contributed by atoms with Crippen molar-refractivity contribution in [2.24, 2.45) is 0 Å². The van der Waals surface area contributed by atoms with E-state index in [0.29, 0.717) is 0 Å². The van der Waals surface area contributed by atoms with Crippen molar-refractivity contribution >= 4 is 32.6 Å². The van der Waals surface area contributed by atoms with Crippen molar-refractivity contribution in [3.8, 4) is 0 Å². The summed E-state index contributed by atoms with van der Waals surface area (Å²) in [5, 5.41) is 1.07. The molecule has 1 aromatic heterocycles. The van der Waals surface area contributed by atoms with Gasteiger partial charge >= 0.3 is 0 Å². The van der Waals surface area contributed by atoms with Gasteiger partial charge in [0, 0.05) is 31.7 Å². The molecule has 128 valence electrons. The Balaban J connectivity index is 1.49. The molecule has 0 radical (unpaired) electrons. The number of amides is 1. The molecule has 0 spiro atoms. The minimum absolute atomic E-state index is 0.121. The van der Waals surface area contributed by atoms with Crippen LogP contribution in [0.15, 0.2) is 42.5 Å². The Morgan fingerprint density at radius 3 is 2.48 bits per heavy atom. The zero-order chi connectivity index (χ0) is 17.4. The lowest BCUT2D eigenvalue weighted by molar-refractivity contribution is 0.0747. The third kappa shape index (κ3) is 3.12. The van der Waals surface area contributed by atoms with Crippen LogP contribution in [0.5, 0.6) is 0 Å². The highest BCUT2D eigenvalue weighted by Crippen LogP contribution is 2.32. The fourth-order valence-corrected chi connectivity index (χ4v) is 4.43. The van der Waals surface area contributed by atoms with Gasteiger partial charge in [-0.25, -0.2) is 4.98 Å². The average Bonchev–Trinajstić information content (AvgIpc) is 3.06. The maximum atomic E-state index is 12.6. The van der Waals surface area contributed by atoms with Crippen LogP contribution in [0.1, 0.15) is 21.5 Å². The SMILES string of the molecule is Cc1cc(C)c2sc(N3CCN(C(=O)c4ccccc4)CC3)nc2c1. The zero-order valence-corrected chi connectivity index (χ0v) is 15.3. The molecule has 25 heavy (non-hydrogen) atoms. The molecular weight excluding hydrogens is 330 g/mol. The van der Waals surface area contributed by atoms with Crippen LogP contribution < -0.4 is 4.90 Å².